The molecule has 0 bridgehead atoms. The normalized spacial score (nSPS) is 10.3. The smallest absolute Gasteiger partial charge is 0.251 e. The van der Waals surface area contributed by atoms with Gasteiger partial charge in [-0.3, -0.25) is 4.79 Å². The predicted octanol–water partition coefficient (Wildman–Crippen LogP) is 4.25. The molecule has 0 aliphatic heterocycles. The van der Waals surface area contributed by atoms with Crippen LogP contribution in [0.2, 0.25) is 0 Å². The van der Waals surface area contributed by atoms with Crippen molar-refractivity contribution in [2.45, 2.75) is 26.8 Å². The van der Waals surface area contributed by atoms with Gasteiger partial charge in [0.1, 0.15) is 0 Å². The Bertz CT molecular complexity index is 605. The highest BCUT2D eigenvalue weighted by Crippen LogP contribution is 2.17. The predicted molar refractivity (Wildman–Crippen MR) is 85.9 cm³/mol. The maximum Gasteiger partial charge on any atom is 0.251 e. The van der Waals surface area contributed by atoms with E-state index in [1.54, 1.807) is 0 Å². The summed E-state index contributed by atoms with van der Waals surface area (Å²) in [6, 6.07) is 13.9. The fourth-order valence-electron chi connectivity index (χ4n) is 1.96. The first-order valence-corrected chi connectivity index (χ1v) is 7.51. The van der Waals surface area contributed by atoms with Gasteiger partial charge in [0.25, 0.3) is 5.91 Å². The summed E-state index contributed by atoms with van der Waals surface area (Å²) in [7, 11) is 0. The fraction of sp³-hybridized carbons (Fsp3) is 0.235. The van der Waals surface area contributed by atoms with Crippen LogP contribution < -0.4 is 5.32 Å². The molecule has 1 amide bonds. The van der Waals surface area contributed by atoms with Crippen molar-refractivity contribution >= 4 is 21.8 Å². The highest BCUT2D eigenvalue weighted by molar-refractivity contribution is 9.10. The van der Waals surface area contributed by atoms with Crippen molar-refractivity contribution in [2.24, 2.45) is 0 Å². The summed E-state index contributed by atoms with van der Waals surface area (Å²) < 4.78 is 1.02. The van der Waals surface area contributed by atoms with Gasteiger partial charge >= 0.3 is 0 Å². The van der Waals surface area contributed by atoms with Gasteiger partial charge in [0.15, 0.2) is 0 Å². The Morgan fingerprint density at radius 2 is 1.75 bits per heavy atom. The molecule has 0 unspecified atom stereocenters. The summed E-state index contributed by atoms with van der Waals surface area (Å²) >= 11 is 3.44. The van der Waals surface area contributed by atoms with Crippen LogP contribution in [0, 0.1) is 6.92 Å². The number of carbonyl (C=O) groups excluding carboxylic acids is 1. The molecule has 0 aliphatic carbocycles. The van der Waals surface area contributed by atoms with Crippen molar-refractivity contribution in [1.82, 2.24) is 5.32 Å². The van der Waals surface area contributed by atoms with Gasteiger partial charge in [-0.2, -0.15) is 0 Å². The lowest BCUT2D eigenvalue weighted by Gasteiger charge is -2.07. The van der Waals surface area contributed by atoms with Crippen molar-refractivity contribution < 1.29 is 4.79 Å². The number of nitrogens with one attached hydrogen (secondary N) is 1. The Kier molecular flexibility index (Phi) is 4.96. The van der Waals surface area contributed by atoms with E-state index in [0.29, 0.717) is 12.1 Å². The molecule has 0 atom stereocenters. The van der Waals surface area contributed by atoms with E-state index in [9.17, 15) is 4.79 Å². The average molecular weight is 332 g/mol. The molecular formula is C17H18BrNO. The zero-order valence-corrected chi connectivity index (χ0v) is 13.3. The largest absolute Gasteiger partial charge is 0.348 e. The summed E-state index contributed by atoms with van der Waals surface area (Å²) in [5, 5.41) is 2.95. The van der Waals surface area contributed by atoms with E-state index in [0.717, 1.165) is 22.0 Å². The Morgan fingerprint density at radius 3 is 2.35 bits per heavy atom. The molecule has 2 rings (SSSR count). The number of hydrogen-bond donors (Lipinski definition) is 1. The molecule has 0 radical (unpaired) electrons. The third kappa shape index (κ3) is 3.70. The van der Waals surface area contributed by atoms with Crippen LogP contribution in [0.4, 0.5) is 0 Å². The quantitative estimate of drug-likeness (QED) is 0.891. The lowest BCUT2D eigenvalue weighted by atomic mass is 10.1. The van der Waals surface area contributed by atoms with Crippen LogP contribution in [0.3, 0.4) is 0 Å². The molecule has 0 fully saturated rings. The second-order valence-corrected chi connectivity index (χ2v) is 5.67. The molecule has 0 spiro atoms. The SMILES string of the molecule is CCc1ccc(CNC(=O)c2ccc(Br)c(C)c2)cc1. The zero-order valence-electron chi connectivity index (χ0n) is 11.7. The van der Waals surface area contributed by atoms with Crippen molar-refractivity contribution in [3.8, 4) is 0 Å². The first-order chi connectivity index (χ1) is 9.60. The fourth-order valence-corrected chi connectivity index (χ4v) is 2.21. The minimum atomic E-state index is -0.0415. The molecule has 0 heterocycles. The number of halogens is 1. The summed E-state index contributed by atoms with van der Waals surface area (Å²) in [4.78, 5) is 12.1. The van der Waals surface area contributed by atoms with Crippen molar-refractivity contribution in [1.29, 1.82) is 0 Å². The van der Waals surface area contributed by atoms with Gasteiger partial charge in [0.05, 0.1) is 0 Å². The molecule has 2 nitrogen and oxygen atoms in total. The molecule has 2 aromatic rings. The lowest BCUT2D eigenvalue weighted by Crippen LogP contribution is -2.22. The topological polar surface area (TPSA) is 29.1 Å². The minimum Gasteiger partial charge on any atom is -0.348 e. The number of benzene rings is 2. The maximum absolute atomic E-state index is 12.1. The van der Waals surface area contributed by atoms with Crippen LogP contribution in [0.15, 0.2) is 46.9 Å². The molecule has 3 heteroatoms. The highest BCUT2D eigenvalue weighted by atomic mass is 79.9. The number of aryl methyl sites for hydroxylation is 2. The molecule has 0 saturated heterocycles. The van der Waals surface area contributed by atoms with Gasteiger partial charge in [-0.1, -0.05) is 47.1 Å². The molecule has 0 saturated carbocycles. The van der Waals surface area contributed by atoms with E-state index >= 15 is 0 Å². The van der Waals surface area contributed by atoms with Crippen LogP contribution in [0.25, 0.3) is 0 Å². The molecule has 1 N–H and O–H groups in total. The third-order valence-corrected chi connectivity index (χ3v) is 4.19. The Hall–Kier alpha value is -1.61. The van der Waals surface area contributed by atoms with Gasteiger partial charge in [0.2, 0.25) is 0 Å². The monoisotopic (exact) mass is 331 g/mol. The molecule has 2 aromatic carbocycles. The number of carbonyl (C=O) groups is 1. The van der Waals surface area contributed by atoms with Gasteiger partial charge < -0.3 is 5.32 Å². The molecule has 104 valence electrons. The Morgan fingerprint density at radius 1 is 1.10 bits per heavy atom. The van der Waals surface area contributed by atoms with E-state index < -0.39 is 0 Å². The summed E-state index contributed by atoms with van der Waals surface area (Å²) in [6.45, 7) is 4.66. The molecule has 0 aromatic heterocycles. The van der Waals surface area contributed by atoms with E-state index in [-0.39, 0.29) is 5.91 Å². The second kappa shape index (κ2) is 6.71. The second-order valence-electron chi connectivity index (χ2n) is 4.82. The summed E-state index contributed by atoms with van der Waals surface area (Å²) in [5.41, 5.74) is 4.17. The average Bonchev–Trinajstić information content (AvgIpc) is 2.48. The van der Waals surface area contributed by atoms with E-state index in [1.807, 2.05) is 25.1 Å². The van der Waals surface area contributed by atoms with Crippen molar-refractivity contribution in [3.63, 3.8) is 0 Å². The van der Waals surface area contributed by atoms with Crippen LogP contribution in [0.5, 0.6) is 0 Å². The third-order valence-electron chi connectivity index (χ3n) is 3.30. The molecule has 0 aliphatic rings. The Labute approximate surface area is 128 Å². The van der Waals surface area contributed by atoms with Crippen molar-refractivity contribution in [3.05, 3.63) is 69.2 Å². The van der Waals surface area contributed by atoms with Gasteiger partial charge in [-0.05, 0) is 48.2 Å². The Balaban J connectivity index is 1.98. The maximum atomic E-state index is 12.1. The zero-order chi connectivity index (χ0) is 14.5. The molecule has 20 heavy (non-hydrogen) atoms. The van der Waals surface area contributed by atoms with Crippen LogP contribution in [-0.4, -0.2) is 5.91 Å². The van der Waals surface area contributed by atoms with E-state index in [4.69, 9.17) is 0 Å². The first kappa shape index (κ1) is 14.8. The van der Waals surface area contributed by atoms with E-state index in [2.05, 4.69) is 52.4 Å². The summed E-state index contributed by atoms with van der Waals surface area (Å²) in [6.07, 6.45) is 1.03. The number of amides is 1. The highest BCUT2D eigenvalue weighted by Gasteiger charge is 2.06. The lowest BCUT2D eigenvalue weighted by molar-refractivity contribution is 0.0951. The van der Waals surface area contributed by atoms with Crippen molar-refractivity contribution in [2.75, 3.05) is 0 Å². The summed E-state index contributed by atoms with van der Waals surface area (Å²) in [5.74, 6) is -0.0415. The minimum absolute atomic E-state index is 0.0415. The number of hydrogen-bond acceptors (Lipinski definition) is 1. The van der Waals surface area contributed by atoms with Crippen LogP contribution in [-0.2, 0) is 13.0 Å². The van der Waals surface area contributed by atoms with Crippen LogP contribution >= 0.6 is 15.9 Å². The van der Waals surface area contributed by atoms with Gasteiger partial charge in [-0.15, -0.1) is 0 Å². The standard InChI is InChI=1S/C17H18BrNO/c1-3-13-4-6-14(7-5-13)11-19-17(20)15-8-9-16(18)12(2)10-15/h4-10H,3,11H2,1-2H3,(H,19,20). The van der Waals surface area contributed by atoms with Gasteiger partial charge in [0, 0.05) is 16.6 Å². The van der Waals surface area contributed by atoms with Gasteiger partial charge in [-0.25, -0.2) is 0 Å². The molecular weight excluding hydrogens is 314 g/mol. The number of rotatable bonds is 4. The van der Waals surface area contributed by atoms with E-state index in [1.165, 1.54) is 5.56 Å². The first-order valence-electron chi connectivity index (χ1n) is 6.72. The van der Waals surface area contributed by atoms with Crippen LogP contribution in [0.1, 0.15) is 34.0 Å².